The molecule has 0 unspecified atom stereocenters. The van der Waals surface area contributed by atoms with Crippen LogP contribution in [0.25, 0.3) is 22.2 Å². The van der Waals surface area contributed by atoms with E-state index in [4.69, 9.17) is 21.1 Å². The highest BCUT2D eigenvalue weighted by atomic mass is 35.5. The number of benzene rings is 2. The second-order valence-electron chi connectivity index (χ2n) is 7.53. The summed E-state index contributed by atoms with van der Waals surface area (Å²) in [4.78, 5) is 10.7. The van der Waals surface area contributed by atoms with Crippen LogP contribution in [0.5, 0.6) is 5.88 Å². The van der Waals surface area contributed by atoms with Gasteiger partial charge in [-0.1, -0.05) is 11.6 Å². The van der Waals surface area contributed by atoms with E-state index in [9.17, 15) is 5.11 Å². The van der Waals surface area contributed by atoms with Gasteiger partial charge in [-0.15, -0.1) is 10.2 Å². The number of hydrogen-bond donors (Lipinski definition) is 1. The summed E-state index contributed by atoms with van der Waals surface area (Å²) in [6, 6.07) is 11.5. The molecule has 1 atom stereocenters. The molecule has 2 aromatic heterocycles. The molecule has 2 aromatic carbocycles. The van der Waals surface area contributed by atoms with Crippen LogP contribution in [0, 0.1) is 5.82 Å². The molecule has 1 aliphatic heterocycles. The third-order valence-corrected chi connectivity index (χ3v) is 5.85. The molecule has 34 heavy (non-hydrogen) atoms. The van der Waals surface area contributed by atoms with Crippen LogP contribution in [0.15, 0.2) is 61.3 Å². The zero-order chi connectivity index (χ0) is 23.7. The van der Waals surface area contributed by atoms with Crippen LogP contribution < -0.4 is 9.64 Å². The summed E-state index contributed by atoms with van der Waals surface area (Å²) < 4.78 is 25.3. The molecule has 0 bridgehead atoms. The van der Waals surface area contributed by atoms with Gasteiger partial charge in [-0.05, 0) is 36.4 Å². The van der Waals surface area contributed by atoms with Crippen LogP contribution in [-0.4, -0.2) is 45.5 Å². The van der Waals surface area contributed by atoms with Crippen LogP contribution in [-0.2, 0) is 4.74 Å². The van der Waals surface area contributed by atoms with E-state index in [1.165, 1.54) is 19.5 Å². The maximum Gasteiger partial charge on any atom is 0.233 e. The number of aliphatic hydroxyl groups excluding tert-OH is 1. The first-order valence-electron chi connectivity index (χ1n) is 10.4. The van der Waals surface area contributed by atoms with E-state index in [2.05, 4.69) is 20.2 Å². The molecule has 0 saturated carbocycles. The molecule has 5 rings (SSSR count). The van der Waals surface area contributed by atoms with Crippen molar-refractivity contribution in [3.8, 4) is 17.1 Å². The van der Waals surface area contributed by atoms with Crippen molar-refractivity contribution in [2.75, 3.05) is 25.2 Å². The van der Waals surface area contributed by atoms with Crippen LogP contribution in [0.3, 0.4) is 0 Å². The molecule has 1 N–H and O–H groups in total. The van der Waals surface area contributed by atoms with Gasteiger partial charge in [0.1, 0.15) is 24.9 Å². The largest absolute Gasteiger partial charge is 0.498 e. The van der Waals surface area contributed by atoms with Gasteiger partial charge in [-0.25, -0.2) is 14.4 Å². The summed E-state index contributed by atoms with van der Waals surface area (Å²) in [7, 11) is 1.47. The first kappa shape index (κ1) is 22.0. The normalized spacial score (nSPS) is 14.2. The number of aromatic nitrogens is 4. The molecule has 0 fully saturated rings. The van der Waals surface area contributed by atoms with Crippen molar-refractivity contribution in [1.29, 1.82) is 0 Å². The van der Waals surface area contributed by atoms with Gasteiger partial charge in [0.25, 0.3) is 0 Å². The van der Waals surface area contributed by atoms with E-state index in [1.54, 1.807) is 18.4 Å². The fourth-order valence-electron chi connectivity index (χ4n) is 3.77. The van der Waals surface area contributed by atoms with E-state index in [0.29, 0.717) is 35.6 Å². The molecular weight excluding hydrogens is 461 g/mol. The molecule has 3 heterocycles. The van der Waals surface area contributed by atoms with Gasteiger partial charge in [-0.2, -0.15) is 0 Å². The number of ether oxygens (including phenoxy) is 2. The molecule has 0 aliphatic carbocycles. The Morgan fingerprint density at radius 1 is 1.15 bits per heavy atom. The van der Waals surface area contributed by atoms with Crippen molar-refractivity contribution in [2.24, 2.45) is 0 Å². The molecule has 172 valence electrons. The minimum atomic E-state index is -1.22. The van der Waals surface area contributed by atoms with Crippen molar-refractivity contribution in [1.82, 2.24) is 20.2 Å². The Hall–Kier alpha value is -3.82. The maximum atomic E-state index is 15.1. The van der Waals surface area contributed by atoms with Crippen LogP contribution >= 0.6 is 11.6 Å². The molecule has 10 heteroatoms. The van der Waals surface area contributed by atoms with E-state index >= 15 is 4.39 Å². The van der Waals surface area contributed by atoms with Crippen molar-refractivity contribution in [3.05, 3.63) is 83.4 Å². The molecule has 0 spiro atoms. The monoisotopic (exact) mass is 479 g/mol. The lowest BCUT2D eigenvalue weighted by molar-refractivity contribution is 0.213. The minimum Gasteiger partial charge on any atom is -0.498 e. The number of hydrogen-bond acceptors (Lipinski definition) is 8. The number of aliphatic hydroxyl groups is 1. The molecule has 0 amide bonds. The maximum absolute atomic E-state index is 15.1. The first-order valence-corrected chi connectivity index (χ1v) is 10.8. The highest BCUT2D eigenvalue weighted by Crippen LogP contribution is 2.36. The zero-order valence-electron chi connectivity index (χ0n) is 18.0. The fourth-order valence-corrected chi connectivity index (χ4v) is 4.02. The Morgan fingerprint density at radius 3 is 2.76 bits per heavy atom. The molecule has 4 aromatic rings. The predicted molar refractivity (Wildman–Crippen MR) is 125 cm³/mol. The lowest BCUT2D eigenvalue weighted by Gasteiger charge is -2.23. The van der Waals surface area contributed by atoms with Gasteiger partial charge >= 0.3 is 0 Å². The second-order valence-corrected chi connectivity index (χ2v) is 7.94. The zero-order valence-corrected chi connectivity index (χ0v) is 18.8. The van der Waals surface area contributed by atoms with Gasteiger partial charge in [0.15, 0.2) is 0 Å². The lowest BCUT2D eigenvalue weighted by atomic mass is 9.99. The average Bonchev–Trinajstić information content (AvgIpc) is 2.88. The number of anilines is 1. The van der Waals surface area contributed by atoms with Crippen molar-refractivity contribution in [3.63, 3.8) is 0 Å². The SMILES string of the molecule is COc1ccc([C@@H](O)c2cc(-c3ncnc4cc(N5C=COCC5)ccc34)c(F)cc2Cl)nn1. The van der Waals surface area contributed by atoms with Crippen LogP contribution in [0.1, 0.15) is 17.4 Å². The van der Waals surface area contributed by atoms with Crippen molar-refractivity contribution >= 4 is 28.2 Å². The third-order valence-electron chi connectivity index (χ3n) is 5.52. The summed E-state index contributed by atoms with van der Waals surface area (Å²) >= 11 is 6.29. The molecule has 8 nitrogen and oxygen atoms in total. The molecular formula is C24H19ClFN5O3. The smallest absolute Gasteiger partial charge is 0.233 e. The summed E-state index contributed by atoms with van der Waals surface area (Å²) in [5.74, 6) is -0.261. The Labute approximate surface area is 199 Å². The highest BCUT2D eigenvalue weighted by molar-refractivity contribution is 6.31. The van der Waals surface area contributed by atoms with E-state index in [-0.39, 0.29) is 21.8 Å². The van der Waals surface area contributed by atoms with Gasteiger partial charge in [-0.3, -0.25) is 0 Å². The van der Waals surface area contributed by atoms with Gasteiger partial charge in [0.05, 0.1) is 36.8 Å². The highest BCUT2D eigenvalue weighted by Gasteiger charge is 2.21. The Morgan fingerprint density at radius 2 is 2.03 bits per heavy atom. The van der Waals surface area contributed by atoms with Gasteiger partial charge in [0, 0.05) is 39.5 Å². The number of rotatable bonds is 5. The summed E-state index contributed by atoms with van der Waals surface area (Å²) in [6.45, 7) is 1.30. The Bertz CT molecular complexity index is 1380. The number of methoxy groups -OCH3 is 1. The molecule has 0 saturated heterocycles. The Balaban J connectivity index is 1.57. The Kier molecular flexibility index (Phi) is 5.95. The quantitative estimate of drug-likeness (QED) is 0.453. The first-order chi connectivity index (χ1) is 16.5. The third kappa shape index (κ3) is 4.11. The summed E-state index contributed by atoms with van der Waals surface area (Å²) in [6.07, 6.45) is 3.65. The number of fused-ring (bicyclic) bond motifs is 1. The van der Waals surface area contributed by atoms with Crippen LogP contribution in [0.4, 0.5) is 10.1 Å². The summed E-state index contributed by atoms with van der Waals surface area (Å²) in [5.41, 5.74) is 2.68. The predicted octanol–water partition coefficient (Wildman–Crippen LogP) is 4.28. The van der Waals surface area contributed by atoms with Gasteiger partial charge in [0.2, 0.25) is 5.88 Å². The van der Waals surface area contributed by atoms with Crippen molar-refractivity contribution in [2.45, 2.75) is 6.10 Å². The summed E-state index contributed by atoms with van der Waals surface area (Å²) in [5, 5.41) is 19.5. The average molecular weight is 480 g/mol. The molecule has 0 radical (unpaired) electrons. The number of halogens is 2. The fraction of sp³-hybridized carbons (Fsp3) is 0.167. The molecule has 1 aliphatic rings. The standard InChI is InChI=1S/C24H19ClFN5O3/c1-33-22-5-4-20(29-30-22)24(32)16-11-17(19(26)12-18(16)25)23-15-3-2-14(10-21(15)27-13-28-23)31-6-8-34-9-7-31/h2-6,8,10-13,24,32H,7,9H2,1H3/t24-/m0/s1. The van der Waals surface area contributed by atoms with E-state index in [0.717, 1.165) is 11.8 Å². The van der Waals surface area contributed by atoms with E-state index in [1.807, 2.05) is 29.3 Å². The van der Waals surface area contributed by atoms with E-state index < -0.39 is 11.9 Å². The topological polar surface area (TPSA) is 93.5 Å². The minimum absolute atomic E-state index is 0.0612. The van der Waals surface area contributed by atoms with Gasteiger partial charge < -0.3 is 19.5 Å². The lowest BCUT2D eigenvalue weighted by Crippen LogP contribution is -2.24. The van der Waals surface area contributed by atoms with Crippen molar-refractivity contribution < 1.29 is 19.0 Å². The van der Waals surface area contributed by atoms with Crippen LogP contribution in [0.2, 0.25) is 5.02 Å². The number of nitrogens with zero attached hydrogens (tertiary/aromatic N) is 5. The second kappa shape index (κ2) is 9.20.